The molecule has 0 aliphatic carbocycles. The van der Waals surface area contributed by atoms with Crippen molar-refractivity contribution in [3.05, 3.63) is 24.3 Å². The standard InChI is InChI=1S/C12H16N2O3S/c1-3-12(9-13)18(15,16)14-10-6-5-7-11(8-10)17-4-2/h5-8,12,14H,3-4H2,1-2H3. The number of benzene rings is 1. The Kier molecular flexibility index (Phi) is 4.98. The van der Waals surface area contributed by atoms with Gasteiger partial charge in [0.2, 0.25) is 10.0 Å². The van der Waals surface area contributed by atoms with E-state index in [2.05, 4.69) is 4.72 Å². The van der Waals surface area contributed by atoms with Gasteiger partial charge in [-0.05, 0) is 25.5 Å². The molecule has 0 saturated carbocycles. The van der Waals surface area contributed by atoms with E-state index >= 15 is 0 Å². The molecule has 0 aromatic heterocycles. The van der Waals surface area contributed by atoms with Gasteiger partial charge in [0.25, 0.3) is 0 Å². The molecule has 1 atom stereocenters. The van der Waals surface area contributed by atoms with Gasteiger partial charge in [-0.1, -0.05) is 13.0 Å². The Morgan fingerprint density at radius 1 is 1.44 bits per heavy atom. The Hall–Kier alpha value is -1.74. The first-order valence-electron chi connectivity index (χ1n) is 5.67. The summed E-state index contributed by atoms with van der Waals surface area (Å²) in [6, 6.07) is 8.40. The van der Waals surface area contributed by atoms with Crippen LogP contribution in [0.3, 0.4) is 0 Å². The Morgan fingerprint density at radius 2 is 2.17 bits per heavy atom. The van der Waals surface area contributed by atoms with Gasteiger partial charge >= 0.3 is 0 Å². The highest BCUT2D eigenvalue weighted by Gasteiger charge is 2.23. The van der Waals surface area contributed by atoms with Crippen molar-refractivity contribution in [3.8, 4) is 11.8 Å². The molecule has 0 aliphatic rings. The zero-order chi connectivity index (χ0) is 13.6. The van der Waals surface area contributed by atoms with Gasteiger partial charge in [0.15, 0.2) is 5.25 Å². The molecule has 0 fully saturated rings. The van der Waals surface area contributed by atoms with Crippen LogP contribution in [0.25, 0.3) is 0 Å². The summed E-state index contributed by atoms with van der Waals surface area (Å²) in [6.07, 6.45) is 0.247. The zero-order valence-electron chi connectivity index (χ0n) is 10.4. The predicted octanol–water partition coefficient (Wildman–Crippen LogP) is 2.13. The van der Waals surface area contributed by atoms with Gasteiger partial charge in [0.1, 0.15) is 5.75 Å². The van der Waals surface area contributed by atoms with Crippen LogP contribution < -0.4 is 9.46 Å². The van der Waals surface area contributed by atoms with Crippen LogP contribution in [0, 0.1) is 11.3 Å². The van der Waals surface area contributed by atoms with E-state index in [1.807, 2.05) is 6.92 Å². The number of nitrogens with zero attached hydrogens (tertiary/aromatic N) is 1. The largest absolute Gasteiger partial charge is 0.494 e. The lowest BCUT2D eigenvalue weighted by Gasteiger charge is -2.12. The van der Waals surface area contributed by atoms with E-state index in [-0.39, 0.29) is 6.42 Å². The van der Waals surface area contributed by atoms with Gasteiger partial charge in [-0.2, -0.15) is 5.26 Å². The van der Waals surface area contributed by atoms with E-state index in [0.29, 0.717) is 18.0 Å². The third-order valence-electron chi connectivity index (χ3n) is 2.29. The second-order valence-corrected chi connectivity index (χ2v) is 5.50. The Bertz CT molecular complexity index is 534. The molecule has 1 aromatic carbocycles. The molecule has 0 heterocycles. The molecule has 1 rings (SSSR count). The van der Waals surface area contributed by atoms with E-state index in [1.54, 1.807) is 37.3 Å². The molecule has 0 aliphatic heterocycles. The molecule has 18 heavy (non-hydrogen) atoms. The fraction of sp³-hybridized carbons (Fsp3) is 0.417. The van der Waals surface area contributed by atoms with Crippen molar-refractivity contribution in [2.24, 2.45) is 0 Å². The summed E-state index contributed by atoms with van der Waals surface area (Å²) in [7, 11) is -3.67. The molecule has 0 amide bonds. The summed E-state index contributed by atoms with van der Waals surface area (Å²) in [5, 5.41) is 7.74. The van der Waals surface area contributed by atoms with Gasteiger partial charge in [0.05, 0.1) is 18.4 Å². The lowest BCUT2D eigenvalue weighted by atomic mass is 10.3. The van der Waals surface area contributed by atoms with Gasteiger partial charge in [-0.3, -0.25) is 4.72 Å². The number of rotatable bonds is 6. The number of sulfonamides is 1. The summed E-state index contributed by atoms with van der Waals surface area (Å²) < 4.78 is 31.4. The second-order valence-electron chi connectivity index (χ2n) is 3.63. The molecular formula is C12H16N2O3S. The lowest BCUT2D eigenvalue weighted by molar-refractivity contribution is 0.340. The highest BCUT2D eigenvalue weighted by atomic mass is 32.2. The molecular weight excluding hydrogens is 252 g/mol. The number of nitriles is 1. The van der Waals surface area contributed by atoms with Crippen molar-refractivity contribution in [3.63, 3.8) is 0 Å². The van der Waals surface area contributed by atoms with Crippen LogP contribution in [-0.4, -0.2) is 20.3 Å². The Morgan fingerprint density at radius 3 is 2.72 bits per heavy atom. The number of nitrogens with one attached hydrogen (secondary N) is 1. The minimum Gasteiger partial charge on any atom is -0.494 e. The molecule has 0 bridgehead atoms. The Labute approximate surface area is 107 Å². The summed E-state index contributed by atoms with van der Waals surface area (Å²) in [5.41, 5.74) is 0.398. The summed E-state index contributed by atoms with van der Waals surface area (Å²) in [5.74, 6) is 0.586. The first kappa shape index (κ1) is 14.3. The number of ether oxygens (including phenoxy) is 1. The maximum atomic E-state index is 11.9. The van der Waals surface area contributed by atoms with E-state index in [4.69, 9.17) is 10.00 Å². The van der Waals surface area contributed by atoms with E-state index in [9.17, 15) is 8.42 Å². The van der Waals surface area contributed by atoms with Crippen molar-refractivity contribution in [1.82, 2.24) is 0 Å². The minimum atomic E-state index is -3.67. The Balaban J connectivity index is 2.91. The highest BCUT2D eigenvalue weighted by molar-refractivity contribution is 7.93. The van der Waals surface area contributed by atoms with Crippen LogP contribution in [0.4, 0.5) is 5.69 Å². The fourth-order valence-corrected chi connectivity index (χ4v) is 2.61. The van der Waals surface area contributed by atoms with Crippen LogP contribution >= 0.6 is 0 Å². The minimum absolute atomic E-state index is 0.247. The second kappa shape index (κ2) is 6.26. The van der Waals surface area contributed by atoms with E-state index in [0.717, 1.165) is 0 Å². The molecule has 5 nitrogen and oxygen atoms in total. The molecule has 0 radical (unpaired) electrons. The van der Waals surface area contributed by atoms with Gasteiger partial charge in [0, 0.05) is 6.07 Å². The number of hydrogen-bond acceptors (Lipinski definition) is 4. The molecule has 0 saturated heterocycles. The van der Waals surface area contributed by atoms with Crippen LogP contribution in [-0.2, 0) is 10.0 Å². The average molecular weight is 268 g/mol. The van der Waals surface area contributed by atoms with Gasteiger partial charge < -0.3 is 4.74 Å². The number of hydrogen-bond donors (Lipinski definition) is 1. The fourth-order valence-electron chi connectivity index (χ4n) is 1.43. The smallest absolute Gasteiger partial charge is 0.249 e. The maximum Gasteiger partial charge on any atom is 0.249 e. The molecule has 1 unspecified atom stereocenters. The van der Waals surface area contributed by atoms with Crippen molar-refractivity contribution in [2.75, 3.05) is 11.3 Å². The molecule has 98 valence electrons. The topological polar surface area (TPSA) is 79.2 Å². The third kappa shape index (κ3) is 3.64. The SMILES string of the molecule is CCOc1cccc(NS(=O)(=O)C(C#N)CC)c1. The maximum absolute atomic E-state index is 11.9. The van der Waals surface area contributed by atoms with Crippen LogP contribution in [0.15, 0.2) is 24.3 Å². The monoisotopic (exact) mass is 268 g/mol. The van der Waals surface area contributed by atoms with E-state index < -0.39 is 15.3 Å². The first-order valence-corrected chi connectivity index (χ1v) is 7.22. The quantitative estimate of drug-likeness (QED) is 0.857. The van der Waals surface area contributed by atoms with Crippen molar-refractivity contribution >= 4 is 15.7 Å². The molecule has 1 N–H and O–H groups in total. The van der Waals surface area contributed by atoms with Crippen molar-refractivity contribution in [1.29, 1.82) is 5.26 Å². The molecule has 0 spiro atoms. The third-order valence-corrected chi connectivity index (χ3v) is 4.00. The van der Waals surface area contributed by atoms with Gasteiger partial charge in [-0.25, -0.2) is 8.42 Å². The van der Waals surface area contributed by atoms with Crippen LogP contribution in [0.5, 0.6) is 5.75 Å². The average Bonchev–Trinajstić information content (AvgIpc) is 2.30. The van der Waals surface area contributed by atoms with Gasteiger partial charge in [-0.15, -0.1) is 0 Å². The lowest BCUT2D eigenvalue weighted by Crippen LogP contribution is -2.25. The number of anilines is 1. The molecule has 6 heteroatoms. The van der Waals surface area contributed by atoms with E-state index in [1.165, 1.54) is 0 Å². The summed E-state index contributed by atoms with van der Waals surface area (Å²) in [6.45, 7) is 4.01. The summed E-state index contributed by atoms with van der Waals surface area (Å²) >= 11 is 0. The molecule has 1 aromatic rings. The van der Waals surface area contributed by atoms with Crippen molar-refractivity contribution < 1.29 is 13.2 Å². The normalized spacial score (nSPS) is 12.5. The first-order chi connectivity index (χ1) is 8.53. The zero-order valence-corrected chi connectivity index (χ0v) is 11.2. The highest BCUT2D eigenvalue weighted by Crippen LogP contribution is 2.19. The van der Waals surface area contributed by atoms with Crippen LogP contribution in [0.1, 0.15) is 20.3 Å². The predicted molar refractivity (Wildman–Crippen MR) is 69.8 cm³/mol. The summed E-state index contributed by atoms with van der Waals surface area (Å²) in [4.78, 5) is 0. The van der Waals surface area contributed by atoms with Crippen LogP contribution in [0.2, 0.25) is 0 Å². The van der Waals surface area contributed by atoms with Crippen molar-refractivity contribution in [2.45, 2.75) is 25.5 Å².